The van der Waals surface area contributed by atoms with Crippen molar-refractivity contribution in [2.24, 2.45) is 0 Å². The van der Waals surface area contributed by atoms with Crippen molar-refractivity contribution in [2.75, 3.05) is 24.6 Å². The number of ether oxygens (including phenoxy) is 1. The van der Waals surface area contributed by atoms with Crippen molar-refractivity contribution in [1.29, 1.82) is 0 Å². The molecule has 2 rings (SSSR count). The molecule has 0 bridgehead atoms. The van der Waals surface area contributed by atoms with Gasteiger partial charge in [0.25, 0.3) is 0 Å². The molecule has 2 aromatic carbocycles. The summed E-state index contributed by atoms with van der Waals surface area (Å²) in [7, 11) is 0. The SMILES string of the molecule is CCCCCCCCN(CCCCCCCC)c1ccc(CCCCCOc2ccccc2)cc1. The Kier molecular flexibility index (Phi) is 16.9. The Bertz CT molecular complexity index is 696. The number of aryl methyl sites for hydroxylation is 1. The van der Waals surface area contributed by atoms with Gasteiger partial charge in [0.1, 0.15) is 5.75 Å². The van der Waals surface area contributed by atoms with E-state index in [0.717, 1.165) is 18.8 Å². The molecule has 0 saturated carbocycles. The fraction of sp³-hybridized carbons (Fsp3) is 0.636. The Morgan fingerprint density at radius 3 is 1.69 bits per heavy atom. The number of anilines is 1. The molecule has 0 radical (unpaired) electrons. The van der Waals surface area contributed by atoms with E-state index in [1.54, 1.807) is 0 Å². The molecule has 0 aliphatic rings. The van der Waals surface area contributed by atoms with Gasteiger partial charge in [0.05, 0.1) is 6.61 Å². The van der Waals surface area contributed by atoms with Gasteiger partial charge in [-0.1, -0.05) is 108 Å². The minimum Gasteiger partial charge on any atom is -0.494 e. The van der Waals surface area contributed by atoms with Crippen LogP contribution in [0.4, 0.5) is 5.69 Å². The highest BCUT2D eigenvalue weighted by molar-refractivity contribution is 5.47. The predicted octanol–water partition coefficient (Wildman–Crippen LogP) is 10.0. The lowest BCUT2D eigenvalue weighted by Gasteiger charge is -2.25. The molecule has 0 N–H and O–H groups in total. The van der Waals surface area contributed by atoms with Crippen molar-refractivity contribution < 1.29 is 4.74 Å². The highest BCUT2D eigenvalue weighted by Gasteiger charge is 2.07. The summed E-state index contributed by atoms with van der Waals surface area (Å²) < 4.78 is 5.81. The second kappa shape index (κ2) is 20.3. The number of nitrogens with zero attached hydrogens (tertiary/aromatic N) is 1. The molecule has 2 aromatic rings. The number of para-hydroxylation sites is 1. The Labute approximate surface area is 217 Å². The van der Waals surface area contributed by atoms with Crippen molar-refractivity contribution in [3.05, 3.63) is 60.2 Å². The third-order valence-electron chi connectivity index (χ3n) is 6.99. The smallest absolute Gasteiger partial charge is 0.119 e. The van der Waals surface area contributed by atoms with Crippen molar-refractivity contribution in [3.63, 3.8) is 0 Å². The molecule has 0 spiro atoms. The number of hydrogen-bond acceptors (Lipinski definition) is 2. The second-order valence-electron chi connectivity index (χ2n) is 10.2. The van der Waals surface area contributed by atoms with Gasteiger partial charge in [-0.15, -0.1) is 0 Å². The van der Waals surface area contributed by atoms with Crippen LogP contribution >= 0.6 is 0 Å². The number of rotatable bonds is 22. The molecule has 0 amide bonds. The van der Waals surface area contributed by atoms with E-state index in [1.165, 1.54) is 121 Å². The standard InChI is InChI=1S/C33H53NO/c1-3-5-7-9-11-18-28-34(29-19-12-10-8-6-4-2)32-26-24-31(25-27-32)21-15-14-20-30-35-33-22-16-13-17-23-33/h13,16-17,22-27H,3-12,14-15,18-21,28-30H2,1-2H3. The van der Waals surface area contributed by atoms with E-state index >= 15 is 0 Å². The van der Waals surface area contributed by atoms with Crippen molar-refractivity contribution in [1.82, 2.24) is 0 Å². The molecule has 0 unspecified atom stereocenters. The molecule has 35 heavy (non-hydrogen) atoms. The average Bonchev–Trinajstić information content (AvgIpc) is 2.90. The Morgan fingerprint density at radius 2 is 1.09 bits per heavy atom. The molecule has 2 heteroatoms. The Hall–Kier alpha value is -1.96. The highest BCUT2D eigenvalue weighted by Crippen LogP contribution is 2.20. The van der Waals surface area contributed by atoms with Crippen LogP contribution in [0.25, 0.3) is 0 Å². The maximum Gasteiger partial charge on any atom is 0.119 e. The van der Waals surface area contributed by atoms with Gasteiger partial charge < -0.3 is 9.64 Å². The lowest BCUT2D eigenvalue weighted by Crippen LogP contribution is -2.25. The number of unbranched alkanes of at least 4 members (excludes halogenated alkanes) is 12. The maximum absolute atomic E-state index is 5.81. The van der Waals surface area contributed by atoms with Crippen LogP contribution in [0.3, 0.4) is 0 Å². The van der Waals surface area contributed by atoms with Crippen LogP contribution in [-0.2, 0) is 6.42 Å². The summed E-state index contributed by atoms with van der Waals surface area (Å²) in [6.07, 6.45) is 21.2. The van der Waals surface area contributed by atoms with Crippen molar-refractivity contribution in [2.45, 2.75) is 117 Å². The van der Waals surface area contributed by atoms with Crippen LogP contribution in [0, 0.1) is 0 Å². The summed E-state index contributed by atoms with van der Waals surface area (Å²) in [4.78, 5) is 2.66. The van der Waals surface area contributed by atoms with E-state index in [0.29, 0.717) is 0 Å². The first-order chi connectivity index (χ1) is 17.3. The fourth-order valence-corrected chi connectivity index (χ4v) is 4.72. The predicted molar refractivity (Wildman–Crippen MR) is 155 cm³/mol. The van der Waals surface area contributed by atoms with E-state index in [4.69, 9.17) is 4.74 Å². The van der Waals surface area contributed by atoms with E-state index in [2.05, 4.69) is 43.0 Å². The van der Waals surface area contributed by atoms with Gasteiger partial charge >= 0.3 is 0 Å². The monoisotopic (exact) mass is 479 g/mol. The van der Waals surface area contributed by atoms with E-state index in [-0.39, 0.29) is 0 Å². The van der Waals surface area contributed by atoms with Gasteiger partial charge in [-0.3, -0.25) is 0 Å². The van der Waals surface area contributed by atoms with E-state index in [9.17, 15) is 0 Å². The first kappa shape index (κ1) is 29.3. The molecule has 196 valence electrons. The van der Waals surface area contributed by atoms with Crippen LogP contribution in [-0.4, -0.2) is 19.7 Å². The Balaban J connectivity index is 1.70. The quantitative estimate of drug-likeness (QED) is 0.156. The molecule has 0 heterocycles. The maximum atomic E-state index is 5.81. The molecule has 0 aromatic heterocycles. The fourth-order valence-electron chi connectivity index (χ4n) is 4.72. The number of hydrogen-bond donors (Lipinski definition) is 0. The largest absolute Gasteiger partial charge is 0.494 e. The van der Waals surface area contributed by atoms with Gasteiger partial charge in [0.2, 0.25) is 0 Å². The van der Waals surface area contributed by atoms with Crippen LogP contribution in [0.1, 0.15) is 116 Å². The molecule has 0 saturated heterocycles. The third-order valence-corrected chi connectivity index (χ3v) is 6.99. The summed E-state index contributed by atoms with van der Waals surface area (Å²) in [5.74, 6) is 0.981. The average molecular weight is 480 g/mol. The minimum atomic E-state index is 0.814. The zero-order chi connectivity index (χ0) is 24.8. The summed E-state index contributed by atoms with van der Waals surface area (Å²) in [6, 6.07) is 19.6. The lowest BCUT2D eigenvalue weighted by atomic mass is 10.1. The molecule has 0 atom stereocenters. The summed E-state index contributed by atoms with van der Waals surface area (Å²) in [5.41, 5.74) is 2.89. The van der Waals surface area contributed by atoms with Gasteiger partial charge in [0, 0.05) is 18.8 Å². The van der Waals surface area contributed by atoms with E-state index in [1.807, 2.05) is 30.3 Å². The van der Waals surface area contributed by atoms with Gasteiger partial charge in [-0.05, 0) is 68.4 Å². The van der Waals surface area contributed by atoms with Gasteiger partial charge in [-0.2, -0.15) is 0 Å². The van der Waals surface area contributed by atoms with Crippen LogP contribution in [0.5, 0.6) is 5.75 Å². The van der Waals surface area contributed by atoms with Gasteiger partial charge in [-0.25, -0.2) is 0 Å². The normalized spacial score (nSPS) is 11.0. The summed E-state index contributed by atoms with van der Waals surface area (Å²) in [6.45, 7) is 7.83. The molecule has 0 aliphatic carbocycles. The Morgan fingerprint density at radius 1 is 0.543 bits per heavy atom. The lowest BCUT2D eigenvalue weighted by molar-refractivity contribution is 0.305. The molecule has 2 nitrogen and oxygen atoms in total. The van der Waals surface area contributed by atoms with Crippen LogP contribution < -0.4 is 9.64 Å². The molecular weight excluding hydrogens is 426 g/mol. The summed E-state index contributed by atoms with van der Waals surface area (Å²) in [5, 5.41) is 0. The van der Waals surface area contributed by atoms with Crippen LogP contribution in [0.15, 0.2) is 54.6 Å². The highest BCUT2D eigenvalue weighted by atomic mass is 16.5. The van der Waals surface area contributed by atoms with E-state index < -0.39 is 0 Å². The van der Waals surface area contributed by atoms with Crippen molar-refractivity contribution >= 4 is 5.69 Å². The second-order valence-corrected chi connectivity index (χ2v) is 10.2. The molecule has 0 aliphatic heterocycles. The zero-order valence-corrected chi connectivity index (χ0v) is 23.0. The molecular formula is C33H53NO. The minimum absolute atomic E-state index is 0.814. The summed E-state index contributed by atoms with van der Waals surface area (Å²) >= 11 is 0. The first-order valence-corrected chi connectivity index (χ1v) is 14.8. The third kappa shape index (κ3) is 14.3. The topological polar surface area (TPSA) is 12.5 Å². The van der Waals surface area contributed by atoms with Crippen molar-refractivity contribution in [3.8, 4) is 5.75 Å². The molecule has 0 fully saturated rings. The zero-order valence-electron chi connectivity index (χ0n) is 23.0. The first-order valence-electron chi connectivity index (χ1n) is 14.8. The van der Waals surface area contributed by atoms with Gasteiger partial charge in [0.15, 0.2) is 0 Å². The number of benzene rings is 2. The van der Waals surface area contributed by atoms with Crippen LogP contribution in [0.2, 0.25) is 0 Å².